The van der Waals surface area contributed by atoms with Crippen molar-refractivity contribution in [3.05, 3.63) is 52.2 Å². The molecule has 1 spiro atoms. The monoisotopic (exact) mass is 385 g/mol. The van der Waals surface area contributed by atoms with Gasteiger partial charge in [-0.3, -0.25) is 14.5 Å². The van der Waals surface area contributed by atoms with Gasteiger partial charge < -0.3 is 15.0 Å². The summed E-state index contributed by atoms with van der Waals surface area (Å²) in [5.74, 6) is -0.106. The van der Waals surface area contributed by atoms with Crippen LogP contribution in [0, 0.1) is 0 Å². The van der Waals surface area contributed by atoms with Crippen molar-refractivity contribution in [3.63, 3.8) is 0 Å². The Labute approximate surface area is 160 Å². The average Bonchev–Trinajstić information content (AvgIpc) is 3.25. The molecule has 8 heteroatoms. The highest BCUT2D eigenvalue weighted by molar-refractivity contribution is 7.09. The molecule has 1 N–H and O–H groups in total. The lowest BCUT2D eigenvalue weighted by Gasteiger charge is -2.33. The molecule has 4 amide bonds. The van der Waals surface area contributed by atoms with Crippen molar-refractivity contribution in [1.82, 2.24) is 15.1 Å². The highest BCUT2D eigenvalue weighted by Crippen LogP contribution is 2.40. The SMILES string of the molecule is CN(Cc1cccs1)C(=O)CN1C(=O)NC2(CCOc3ccccc32)C1=O. The van der Waals surface area contributed by atoms with E-state index in [0.717, 1.165) is 9.78 Å². The molecular formula is C19H19N3O4S. The Kier molecular flexibility index (Phi) is 4.35. The van der Waals surface area contributed by atoms with Crippen LogP contribution < -0.4 is 10.1 Å². The maximum Gasteiger partial charge on any atom is 0.325 e. The van der Waals surface area contributed by atoms with E-state index in [1.54, 1.807) is 36.6 Å². The first-order chi connectivity index (χ1) is 13.0. The Morgan fingerprint density at radius 1 is 1.30 bits per heavy atom. The minimum absolute atomic E-state index is 0.280. The number of carbonyl (C=O) groups excluding carboxylic acids is 3. The summed E-state index contributed by atoms with van der Waals surface area (Å²) in [5, 5.41) is 4.75. The number of para-hydroxylation sites is 1. The minimum Gasteiger partial charge on any atom is -0.493 e. The molecule has 7 nitrogen and oxygen atoms in total. The Balaban J connectivity index is 1.53. The average molecular weight is 385 g/mol. The third kappa shape index (κ3) is 2.95. The number of ether oxygens (including phenoxy) is 1. The molecule has 0 aliphatic carbocycles. The summed E-state index contributed by atoms with van der Waals surface area (Å²) in [6.07, 6.45) is 0.338. The summed E-state index contributed by atoms with van der Waals surface area (Å²) < 4.78 is 5.61. The fourth-order valence-corrected chi connectivity index (χ4v) is 4.25. The van der Waals surface area contributed by atoms with Crippen LogP contribution in [0.3, 0.4) is 0 Å². The summed E-state index contributed by atoms with van der Waals surface area (Å²) in [6.45, 7) is 0.488. The molecule has 27 heavy (non-hydrogen) atoms. The first-order valence-corrected chi connectivity index (χ1v) is 9.52. The Bertz CT molecular complexity index is 898. The van der Waals surface area contributed by atoms with Crippen LogP contribution >= 0.6 is 11.3 Å². The molecule has 2 aliphatic rings. The number of nitrogens with zero attached hydrogens (tertiary/aromatic N) is 2. The molecule has 1 unspecified atom stereocenters. The van der Waals surface area contributed by atoms with Crippen LogP contribution in [0.1, 0.15) is 16.9 Å². The van der Waals surface area contributed by atoms with Gasteiger partial charge in [-0.1, -0.05) is 24.3 Å². The van der Waals surface area contributed by atoms with Gasteiger partial charge in [-0.2, -0.15) is 0 Å². The lowest BCUT2D eigenvalue weighted by molar-refractivity contribution is -0.139. The van der Waals surface area contributed by atoms with Gasteiger partial charge in [0.05, 0.1) is 13.2 Å². The van der Waals surface area contributed by atoms with Crippen LogP contribution in [-0.4, -0.2) is 47.8 Å². The zero-order valence-electron chi connectivity index (χ0n) is 14.8. The second-order valence-corrected chi connectivity index (χ2v) is 7.68. The van der Waals surface area contributed by atoms with E-state index >= 15 is 0 Å². The van der Waals surface area contributed by atoms with Crippen molar-refractivity contribution in [2.24, 2.45) is 0 Å². The molecule has 1 fully saturated rings. The van der Waals surface area contributed by atoms with Crippen molar-refractivity contribution < 1.29 is 19.1 Å². The Morgan fingerprint density at radius 3 is 2.89 bits per heavy atom. The van der Waals surface area contributed by atoms with Crippen LogP contribution in [0.2, 0.25) is 0 Å². The number of imide groups is 1. The number of benzene rings is 1. The lowest BCUT2D eigenvalue weighted by atomic mass is 9.84. The molecule has 1 saturated heterocycles. The Hall–Kier alpha value is -2.87. The van der Waals surface area contributed by atoms with Crippen molar-refractivity contribution >= 4 is 29.2 Å². The molecule has 2 aromatic rings. The number of thiophene rings is 1. The van der Waals surface area contributed by atoms with Gasteiger partial charge in [0.25, 0.3) is 5.91 Å². The fourth-order valence-electron chi connectivity index (χ4n) is 3.50. The van der Waals surface area contributed by atoms with Crippen LogP contribution in [0.5, 0.6) is 5.75 Å². The zero-order valence-corrected chi connectivity index (χ0v) is 15.6. The first-order valence-electron chi connectivity index (χ1n) is 8.64. The zero-order chi connectivity index (χ0) is 19.0. The van der Waals surface area contributed by atoms with Crippen molar-refractivity contribution in [1.29, 1.82) is 0 Å². The largest absolute Gasteiger partial charge is 0.493 e. The Morgan fingerprint density at radius 2 is 2.11 bits per heavy atom. The van der Waals surface area contributed by atoms with Crippen molar-refractivity contribution in [2.45, 2.75) is 18.5 Å². The molecule has 1 aromatic heterocycles. The van der Waals surface area contributed by atoms with E-state index in [2.05, 4.69) is 5.32 Å². The van der Waals surface area contributed by atoms with Gasteiger partial charge in [0, 0.05) is 23.9 Å². The molecule has 1 atom stereocenters. The number of hydrogen-bond donors (Lipinski definition) is 1. The smallest absolute Gasteiger partial charge is 0.325 e. The molecule has 0 bridgehead atoms. The van der Waals surface area contributed by atoms with Gasteiger partial charge in [0.15, 0.2) is 5.54 Å². The fraction of sp³-hybridized carbons (Fsp3) is 0.316. The molecule has 140 valence electrons. The maximum absolute atomic E-state index is 13.1. The lowest BCUT2D eigenvalue weighted by Crippen LogP contribution is -2.48. The van der Waals surface area contributed by atoms with Crippen LogP contribution in [0.4, 0.5) is 4.79 Å². The summed E-state index contributed by atoms with van der Waals surface area (Å²) in [6, 6.07) is 10.5. The van der Waals surface area contributed by atoms with Crippen molar-refractivity contribution in [2.75, 3.05) is 20.2 Å². The topological polar surface area (TPSA) is 79.0 Å². The van der Waals surface area contributed by atoms with Gasteiger partial charge >= 0.3 is 6.03 Å². The number of amides is 4. The highest BCUT2D eigenvalue weighted by atomic mass is 32.1. The van der Waals surface area contributed by atoms with E-state index < -0.39 is 17.5 Å². The number of urea groups is 1. The van der Waals surface area contributed by atoms with Crippen molar-refractivity contribution in [3.8, 4) is 5.75 Å². The second-order valence-electron chi connectivity index (χ2n) is 6.65. The van der Waals surface area contributed by atoms with Crippen LogP contribution in [-0.2, 0) is 21.7 Å². The number of nitrogens with one attached hydrogen (secondary N) is 1. The van der Waals surface area contributed by atoms with E-state index in [1.165, 1.54) is 4.90 Å². The van der Waals surface area contributed by atoms with Crippen LogP contribution in [0.25, 0.3) is 0 Å². The number of likely N-dealkylation sites (N-methyl/N-ethyl adjacent to an activating group) is 1. The van der Waals surface area contributed by atoms with Gasteiger partial charge in [0.1, 0.15) is 12.3 Å². The minimum atomic E-state index is -1.15. The standard InChI is InChI=1S/C19H19N3O4S/c1-21(11-13-5-4-10-27-13)16(23)12-22-17(24)19(20-18(22)25)8-9-26-15-7-3-2-6-14(15)19/h2-7,10H,8-9,11-12H2,1H3,(H,20,25). The number of hydrogen-bond acceptors (Lipinski definition) is 5. The van der Waals surface area contributed by atoms with E-state index in [1.807, 2.05) is 23.6 Å². The van der Waals surface area contributed by atoms with E-state index in [9.17, 15) is 14.4 Å². The molecule has 0 radical (unpaired) electrons. The molecule has 2 aliphatic heterocycles. The number of rotatable bonds is 4. The molecule has 1 aromatic carbocycles. The predicted molar refractivity (Wildman–Crippen MR) is 99.3 cm³/mol. The van der Waals surface area contributed by atoms with Gasteiger partial charge in [-0.15, -0.1) is 11.3 Å². The summed E-state index contributed by atoms with van der Waals surface area (Å²) in [4.78, 5) is 41.8. The normalized spacial score (nSPS) is 21.0. The van der Waals surface area contributed by atoms with E-state index in [4.69, 9.17) is 4.74 Å². The first kappa shape index (κ1) is 17.5. The van der Waals surface area contributed by atoms with Gasteiger partial charge in [-0.05, 0) is 17.5 Å². The van der Waals surface area contributed by atoms with E-state index in [0.29, 0.717) is 30.9 Å². The van der Waals surface area contributed by atoms with E-state index in [-0.39, 0.29) is 12.5 Å². The summed E-state index contributed by atoms with van der Waals surface area (Å²) >= 11 is 1.55. The maximum atomic E-state index is 13.1. The molecule has 3 heterocycles. The molecular weight excluding hydrogens is 366 g/mol. The number of fused-ring (bicyclic) bond motifs is 2. The third-order valence-corrected chi connectivity index (χ3v) is 5.81. The molecule has 0 saturated carbocycles. The summed E-state index contributed by atoms with van der Waals surface area (Å²) in [7, 11) is 1.67. The molecule has 4 rings (SSSR count). The quantitative estimate of drug-likeness (QED) is 0.816. The summed E-state index contributed by atoms with van der Waals surface area (Å²) in [5.41, 5.74) is -0.519. The highest BCUT2D eigenvalue weighted by Gasteiger charge is 2.55. The second kappa shape index (κ2) is 6.70. The predicted octanol–water partition coefficient (Wildman–Crippen LogP) is 1.94. The van der Waals surface area contributed by atoms with Crippen LogP contribution in [0.15, 0.2) is 41.8 Å². The van der Waals surface area contributed by atoms with Gasteiger partial charge in [-0.25, -0.2) is 4.79 Å². The van der Waals surface area contributed by atoms with Gasteiger partial charge in [0.2, 0.25) is 5.91 Å². The third-order valence-electron chi connectivity index (χ3n) is 4.95. The number of carbonyl (C=O) groups is 3.